The van der Waals surface area contributed by atoms with Crippen LogP contribution in [0.5, 0.6) is 0 Å². The maximum atomic E-state index is 12.2. The Morgan fingerprint density at radius 1 is 0.567 bits per heavy atom. The second kappa shape index (κ2) is 6.46. The van der Waals surface area contributed by atoms with Crippen molar-refractivity contribution in [2.75, 3.05) is 0 Å². The van der Waals surface area contributed by atoms with Crippen LogP contribution in [-0.2, 0) is 0 Å². The zero-order valence-corrected chi connectivity index (χ0v) is 16.0. The van der Waals surface area contributed by atoms with E-state index in [1.807, 2.05) is 48.5 Å². The molecule has 6 aromatic rings. The van der Waals surface area contributed by atoms with Gasteiger partial charge in [-0.2, -0.15) is 0 Å². The van der Waals surface area contributed by atoms with Crippen molar-refractivity contribution in [2.24, 2.45) is 0 Å². The van der Waals surface area contributed by atoms with E-state index < -0.39 is 0 Å². The molecular weight excluding hydrogens is 372 g/mol. The fourth-order valence-corrected chi connectivity index (χ4v) is 4.12. The van der Waals surface area contributed by atoms with Crippen LogP contribution in [-0.4, -0.2) is 0 Å². The van der Waals surface area contributed by atoms with Crippen LogP contribution in [0, 0.1) is 0 Å². The van der Waals surface area contributed by atoms with E-state index in [4.69, 9.17) is 8.83 Å². The van der Waals surface area contributed by atoms with Crippen LogP contribution >= 0.6 is 0 Å². The Balaban J connectivity index is 1.63. The minimum atomic E-state index is -0.373. The smallest absolute Gasteiger partial charge is 0.336 e. The second-order valence-corrected chi connectivity index (χ2v) is 7.40. The summed E-state index contributed by atoms with van der Waals surface area (Å²) in [6.07, 6.45) is 1.77. The third-order valence-electron chi connectivity index (χ3n) is 5.58. The first-order valence-electron chi connectivity index (χ1n) is 9.80. The Labute approximate surface area is 171 Å². The molecule has 4 aromatic carbocycles. The summed E-state index contributed by atoms with van der Waals surface area (Å²) in [5, 5.41) is 4.26. The maximum Gasteiger partial charge on any atom is 0.336 e. The van der Waals surface area contributed by atoms with Gasteiger partial charge >= 0.3 is 5.63 Å². The largest absolute Gasteiger partial charge is 0.464 e. The molecule has 0 spiro atoms. The van der Waals surface area contributed by atoms with Crippen LogP contribution in [0.1, 0.15) is 0 Å². The molecule has 6 rings (SSSR count). The van der Waals surface area contributed by atoms with Crippen molar-refractivity contribution in [3.8, 4) is 22.3 Å². The van der Waals surface area contributed by atoms with Gasteiger partial charge in [0.05, 0.1) is 6.26 Å². The van der Waals surface area contributed by atoms with Gasteiger partial charge in [0.1, 0.15) is 11.2 Å². The molecule has 2 heterocycles. The average Bonchev–Trinajstić information content (AvgIpc) is 3.20. The van der Waals surface area contributed by atoms with Crippen molar-refractivity contribution in [3.05, 3.63) is 108 Å². The summed E-state index contributed by atoms with van der Waals surface area (Å²) in [6, 6.07) is 30.0. The van der Waals surface area contributed by atoms with Crippen molar-refractivity contribution in [2.45, 2.75) is 0 Å². The predicted molar refractivity (Wildman–Crippen MR) is 121 cm³/mol. The number of fused-ring (bicyclic) bond motifs is 3. The third-order valence-corrected chi connectivity index (χ3v) is 5.58. The van der Waals surface area contributed by atoms with Gasteiger partial charge in [-0.25, -0.2) is 4.79 Å². The lowest BCUT2D eigenvalue weighted by Crippen LogP contribution is -1.98. The summed E-state index contributed by atoms with van der Waals surface area (Å²) in [4.78, 5) is 12.2. The highest BCUT2D eigenvalue weighted by molar-refractivity contribution is 6.06. The first-order chi connectivity index (χ1) is 14.8. The summed E-state index contributed by atoms with van der Waals surface area (Å²) in [7, 11) is 0. The van der Waals surface area contributed by atoms with Crippen molar-refractivity contribution >= 4 is 32.7 Å². The lowest BCUT2D eigenvalue weighted by Gasteiger charge is -2.07. The molecule has 0 aliphatic carbocycles. The van der Waals surface area contributed by atoms with Gasteiger partial charge in [0.25, 0.3) is 0 Å². The van der Waals surface area contributed by atoms with Gasteiger partial charge in [0.2, 0.25) is 0 Å². The summed E-state index contributed by atoms with van der Waals surface area (Å²) < 4.78 is 11.3. The Bertz CT molecular complexity index is 1600. The van der Waals surface area contributed by atoms with Crippen LogP contribution in [0.4, 0.5) is 0 Å². The topological polar surface area (TPSA) is 43.4 Å². The monoisotopic (exact) mass is 388 g/mol. The highest BCUT2D eigenvalue weighted by Crippen LogP contribution is 2.37. The third kappa shape index (κ3) is 2.64. The zero-order chi connectivity index (χ0) is 20.1. The van der Waals surface area contributed by atoms with Crippen LogP contribution in [0.2, 0.25) is 0 Å². The maximum absolute atomic E-state index is 12.2. The standard InChI is InChI=1S/C27H16O3/c28-27-14-21(18-7-2-1-3-8-18)22-13-23-24(16-29-25(23)15-26(22)30-27)20-11-10-17-6-4-5-9-19(17)12-20/h1-16H. The number of hydrogen-bond donors (Lipinski definition) is 0. The molecular formula is C27H16O3. The highest BCUT2D eigenvalue weighted by atomic mass is 16.4. The van der Waals surface area contributed by atoms with Gasteiger partial charge in [-0.1, -0.05) is 66.7 Å². The van der Waals surface area contributed by atoms with Crippen LogP contribution < -0.4 is 5.63 Å². The minimum Gasteiger partial charge on any atom is -0.464 e. The fraction of sp³-hybridized carbons (Fsp3) is 0. The first kappa shape index (κ1) is 16.8. The Kier molecular flexibility index (Phi) is 3.62. The normalized spacial score (nSPS) is 11.5. The molecule has 0 atom stereocenters. The fourth-order valence-electron chi connectivity index (χ4n) is 4.12. The zero-order valence-electron chi connectivity index (χ0n) is 16.0. The summed E-state index contributed by atoms with van der Waals surface area (Å²) >= 11 is 0. The molecule has 0 aliphatic rings. The summed E-state index contributed by atoms with van der Waals surface area (Å²) in [5.41, 5.74) is 4.78. The summed E-state index contributed by atoms with van der Waals surface area (Å²) in [6.45, 7) is 0. The molecule has 0 amide bonds. The second-order valence-electron chi connectivity index (χ2n) is 7.40. The molecule has 0 bridgehead atoms. The highest BCUT2D eigenvalue weighted by Gasteiger charge is 2.14. The Morgan fingerprint density at radius 2 is 1.33 bits per heavy atom. The summed E-state index contributed by atoms with van der Waals surface area (Å²) in [5.74, 6) is 0. The molecule has 3 nitrogen and oxygen atoms in total. The minimum absolute atomic E-state index is 0.373. The predicted octanol–water partition coefficient (Wildman–Crippen LogP) is 7.03. The van der Waals surface area contributed by atoms with E-state index in [9.17, 15) is 4.79 Å². The molecule has 0 radical (unpaired) electrons. The quantitative estimate of drug-likeness (QED) is 0.299. The molecule has 0 aliphatic heterocycles. The van der Waals surface area contributed by atoms with Crippen LogP contribution in [0.25, 0.3) is 55.0 Å². The van der Waals surface area contributed by atoms with E-state index in [-0.39, 0.29) is 5.63 Å². The molecule has 0 saturated carbocycles. The van der Waals surface area contributed by atoms with Crippen molar-refractivity contribution in [1.82, 2.24) is 0 Å². The molecule has 0 fully saturated rings. The van der Waals surface area contributed by atoms with E-state index in [1.165, 1.54) is 10.8 Å². The van der Waals surface area contributed by atoms with Crippen molar-refractivity contribution < 1.29 is 8.83 Å². The molecule has 3 heteroatoms. The number of benzene rings is 4. The van der Waals surface area contributed by atoms with E-state index in [2.05, 4.69) is 36.4 Å². The number of rotatable bonds is 2. The molecule has 2 aromatic heterocycles. The molecule has 0 N–H and O–H groups in total. The SMILES string of the molecule is O=c1cc(-c2ccccc2)c2cc3c(-c4ccc5ccccc5c4)coc3cc2o1. The van der Waals surface area contributed by atoms with Gasteiger partial charge in [0.15, 0.2) is 0 Å². The van der Waals surface area contributed by atoms with Crippen molar-refractivity contribution in [3.63, 3.8) is 0 Å². The number of hydrogen-bond acceptors (Lipinski definition) is 3. The van der Waals surface area contributed by atoms with Gasteiger partial charge in [-0.15, -0.1) is 0 Å². The Morgan fingerprint density at radius 3 is 2.20 bits per heavy atom. The van der Waals surface area contributed by atoms with E-state index in [0.29, 0.717) is 11.2 Å². The van der Waals surface area contributed by atoms with E-state index >= 15 is 0 Å². The Hall–Kier alpha value is -4.11. The first-order valence-corrected chi connectivity index (χ1v) is 9.80. The lowest BCUT2D eigenvalue weighted by molar-refractivity contribution is 0.559. The molecule has 142 valence electrons. The van der Waals surface area contributed by atoms with E-state index in [0.717, 1.165) is 33.0 Å². The van der Waals surface area contributed by atoms with Gasteiger partial charge in [-0.3, -0.25) is 0 Å². The van der Waals surface area contributed by atoms with Gasteiger partial charge in [-0.05, 0) is 39.6 Å². The van der Waals surface area contributed by atoms with Gasteiger partial charge in [0, 0.05) is 28.5 Å². The van der Waals surface area contributed by atoms with Gasteiger partial charge < -0.3 is 8.83 Å². The lowest BCUT2D eigenvalue weighted by atomic mass is 9.97. The molecule has 30 heavy (non-hydrogen) atoms. The van der Waals surface area contributed by atoms with E-state index in [1.54, 1.807) is 12.3 Å². The van der Waals surface area contributed by atoms with Crippen LogP contribution in [0.3, 0.4) is 0 Å². The average molecular weight is 388 g/mol. The van der Waals surface area contributed by atoms with Crippen molar-refractivity contribution in [1.29, 1.82) is 0 Å². The number of furan rings is 1. The van der Waals surface area contributed by atoms with Crippen LogP contribution in [0.15, 0.2) is 111 Å². The molecule has 0 unspecified atom stereocenters. The molecule has 0 saturated heterocycles.